The number of benzene rings is 1. The zero-order valence-corrected chi connectivity index (χ0v) is 10.7. The molecule has 0 saturated heterocycles. The van der Waals surface area contributed by atoms with E-state index in [1.54, 1.807) is 0 Å². The number of nitrogens with zero attached hydrogens (tertiary/aromatic N) is 1. The van der Waals surface area contributed by atoms with Crippen molar-refractivity contribution in [3.05, 3.63) is 29.6 Å². The van der Waals surface area contributed by atoms with Crippen LogP contribution in [0.3, 0.4) is 0 Å². The van der Waals surface area contributed by atoms with Crippen molar-refractivity contribution in [3.63, 3.8) is 0 Å². The molecule has 1 rings (SSSR count). The van der Waals surface area contributed by atoms with Crippen molar-refractivity contribution in [2.75, 3.05) is 24.0 Å². The number of hydrogen-bond donors (Lipinski definition) is 0. The van der Waals surface area contributed by atoms with Crippen LogP contribution in [0.4, 0.5) is 10.1 Å². The standard InChI is InChI=1S/C11H12FNO4S/c1-13(7-14)10-5-8(12)3-4-9(10)11(15)6-18(2,16)17/h3-5,7H,6H2,1-2H3. The van der Waals surface area contributed by atoms with E-state index in [0.29, 0.717) is 6.41 Å². The lowest BCUT2D eigenvalue weighted by Gasteiger charge is -2.15. The summed E-state index contributed by atoms with van der Waals surface area (Å²) in [6.07, 6.45) is 1.34. The highest BCUT2D eigenvalue weighted by molar-refractivity contribution is 7.91. The molecule has 0 atom stereocenters. The van der Waals surface area contributed by atoms with E-state index < -0.39 is 27.2 Å². The predicted octanol–water partition coefficient (Wildman–Crippen LogP) is 0.646. The highest BCUT2D eigenvalue weighted by Crippen LogP contribution is 2.21. The van der Waals surface area contributed by atoms with E-state index in [1.807, 2.05) is 0 Å². The number of carbonyl (C=O) groups is 2. The van der Waals surface area contributed by atoms with Crippen molar-refractivity contribution in [2.45, 2.75) is 0 Å². The summed E-state index contributed by atoms with van der Waals surface area (Å²) >= 11 is 0. The molecule has 0 bridgehead atoms. The Morgan fingerprint density at radius 2 is 2.06 bits per heavy atom. The van der Waals surface area contributed by atoms with Crippen LogP contribution < -0.4 is 4.90 Å². The van der Waals surface area contributed by atoms with Crippen LogP contribution in [0.2, 0.25) is 0 Å². The normalized spacial score (nSPS) is 11.1. The maximum atomic E-state index is 13.1. The summed E-state index contributed by atoms with van der Waals surface area (Å²) in [6, 6.07) is 3.21. The number of carbonyl (C=O) groups excluding carboxylic acids is 2. The summed E-state index contributed by atoms with van der Waals surface area (Å²) in [7, 11) is -2.13. The minimum atomic E-state index is -3.48. The van der Waals surface area contributed by atoms with Gasteiger partial charge in [0.25, 0.3) is 0 Å². The third kappa shape index (κ3) is 3.63. The van der Waals surface area contributed by atoms with E-state index >= 15 is 0 Å². The van der Waals surface area contributed by atoms with Crippen molar-refractivity contribution in [1.29, 1.82) is 0 Å². The molecular weight excluding hydrogens is 261 g/mol. The Bertz CT molecular complexity index is 583. The molecule has 0 unspecified atom stereocenters. The third-order valence-corrected chi connectivity index (χ3v) is 2.98. The van der Waals surface area contributed by atoms with E-state index in [0.717, 1.165) is 29.4 Å². The smallest absolute Gasteiger partial charge is 0.213 e. The number of Topliss-reactive ketones (excluding diaryl/α,β-unsaturated/α-hetero) is 1. The quantitative estimate of drug-likeness (QED) is 0.583. The average molecular weight is 273 g/mol. The molecule has 1 aromatic carbocycles. The molecule has 0 radical (unpaired) electrons. The van der Waals surface area contributed by atoms with Crippen LogP contribution in [-0.4, -0.2) is 39.7 Å². The van der Waals surface area contributed by atoms with Crippen molar-refractivity contribution in [2.24, 2.45) is 0 Å². The summed E-state index contributed by atoms with van der Waals surface area (Å²) in [5.74, 6) is -1.98. The van der Waals surface area contributed by atoms with Gasteiger partial charge in [0.15, 0.2) is 15.6 Å². The zero-order chi connectivity index (χ0) is 13.9. The summed E-state index contributed by atoms with van der Waals surface area (Å²) in [4.78, 5) is 23.4. The molecule has 0 aromatic heterocycles. The van der Waals surface area contributed by atoms with Crippen molar-refractivity contribution >= 4 is 27.7 Å². The molecule has 7 heteroatoms. The van der Waals surface area contributed by atoms with E-state index in [4.69, 9.17) is 0 Å². The maximum absolute atomic E-state index is 13.1. The third-order valence-electron chi connectivity index (χ3n) is 2.19. The topological polar surface area (TPSA) is 71.5 Å². The molecule has 0 N–H and O–H groups in total. The molecule has 0 heterocycles. The van der Waals surface area contributed by atoms with Gasteiger partial charge in [0.1, 0.15) is 11.6 Å². The Kier molecular flexibility index (Phi) is 4.18. The van der Waals surface area contributed by atoms with E-state index in [-0.39, 0.29) is 11.3 Å². The van der Waals surface area contributed by atoms with Gasteiger partial charge in [-0.3, -0.25) is 9.59 Å². The minimum Gasteiger partial charge on any atom is -0.317 e. The summed E-state index contributed by atoms with van der Waals surface area (Å²) in [5, 5.41) is 0. The van der Waals surface area contributed by atoms with Gasteiger partial charge in [0.05, 0.1) is 5.69 Å². The Labute approximate surface area is 104 Å². The number of halogens is 1. The van der Waals surface area contributed by atoms with Gasteiger partial charge in [-0.15, -0.1) is 0 Å². The van der Waals surface area contributed by atoms with Crippen LogP contribution in [0.15, 0.2) is 18.2 Å². The van der Waals surface area contributed by atoms with Gasteiger partial charge in [-0.2, -0.15) is 0 Å². The minimum absolute atomic E-state index is 0.00331. The lowest BCUT2D eigenvalue weighted by molar-refractivity contribution is -0.107. The fraction of sp³-hybridized carbons (Fsp3) is 0.273. The number of ketones is 1. The van der Waals surface area contributed by atoms with Gasteiger partial charge in [0, 0.05) is 18.9 Å². The molecule has 0 fully saturated rings. The average Bonchev–Trinajstić information content (AvgIpc) is 2.25. The van der Waals surface area contributed by atoms with E-state index in [9.17, 15) is 22.4 Å². The Morgan fingerprint density at radius 3 is 2.56 bits per heavy atom. The molecule has 0 spiro atoms. The Balaban J connectivity index is 3.23. The second-order valence-electron chi connectivity index (χ2n) is 3.87. The van der Waals surface area contributed by atoms with Gasteiger partial charge < -0.3 is 4.90 Å². The van der Waals surface area contributed by atoms with Crippen LogP contribution in [0.5, 0.6) is 0 Å². The second-order valence-corrected chi connectivity index (χ2v) is 6.01. The first-order chi connectivity index (χ1) is 8.24. The summed E-state index contributed by atoms with van der Waals surface area (Å²) in [6.45, 7) is 0. The van der Waals surface area contributed by atoms with Crippen molar-refractivity contribution in [3.8, 4) is 0 Å². The van der Waals surface area contributed by atoms with Crippen LogP contribution in [0, 0.1) is 5.82 Å². The van der Waals surface area contributed by atoms with Crippen LogP contribution in [-0.2, 0) is 14.6 Å². The number of hydrogen-bond acceptors (Lipinski definition) is 4. The van der Waals surface area contributed by atoms with Crippen molar-refractivity contribution < 1.29 is 22.4 Å². The first-order valence-corrected chi connectivity index (χ1v) is 6.99. The lowest BCUT2D eigenvalue weighted by Crippen LogP contribution is -2.21. The summed E-state index contributed by atoms with van der Waals surface area (Å²) < 4.78 is 35.2. The molecule has 0 aliphatic rings. The fourth-order valence-corrected chi connectivity index (χ4v) is 2.04. The van der Waals surface area contributed by atoms with Gasteiger partial charge in [-0.1, -0.05) is 0 Å². The molecule has 98 valence electrons. The fourth-order valence-electron chi connectivity index (χ4n) is 1.41. The maximum Gasteiger partial charge on any atom is 0.213 e. The molecule has 0 aliphatic carbocycles. The highest BCUT2D eigenvalue weighted by atomic mass is 32.2. The highest BCUT2D eigenvalue weighted by Gasteiger charge is 2.19. The molecule has 5 nitrogen and oxygen atoms in total. The number of sulfone groups is 1. The monoisotopic (exact) mass is 273 g/mol. The molecule has 0 saturated carbocycles. The van der Waals surface area contributed by atoms with Gasteiger partial charge in [-0.05, 0) is 18.2 Å². The van der Waals surface area contributed by atoms with Crippen LogP contribution >= 0.6 is 0 Å². The van der Waals surface area contributed by atoms with Crippen LogP contribution in [0.1, 0.15) is 10.4 Å². The summed E-state index contributed by atoms with van der Waals surface area (Å²) in [5.41, 5.74) is 0.0371. The van der Waals surface area contributed by atoms with Gasteiger partial charge in [0.2, 0.25) is 6.41 Å². The SMILES string of the molecule is CN(C=O)c1cc(F)ccc1C(=O)CS(C)(=O)=O. The number of anilines is 1. The first kappa shape index (κ1) is 14.3. The Hall–Kier alpha value is -1.76. The molecule has 18 heavy (non-hydrogen) atoms. The largest absolute Gasteiger partial charge is 0.317 e. The van der Waals surface area contributed by atoms with E-state index in [2.05, 4.69) is 0 Å². The second kappa shape index (κ2) is 5.26. The van der Waals surface area contributed by atoms with Gasteiger partial charge in [-0.25, -0.2) is 12.8 Å². The molecule has 0 aliphatic heterocycles. The molecular formula is C11H12FNO4S. The van der Waals surface area contributed by atoms with Crippen molar-refractivity contribution in [1.82, 2.24) is 0 Å². The molecule has 1 amide bonds. The lowest BCUT2D eigenvalue weighted by atomic mass is 10.1. The van der Waals surface area contributed by atoms with E-state index in [1.165, 1.54) is 7.05 Å². The number of rotatable bonds is 5. The Morgan fingerprint density at radius 1 is 1.44 bits per heavy atom. The predicted molar refractivity (Wildman–Crippen MR) is 64.9 cm³/mol. The number of amides is 1. The van der Waals surface area contributed by atoms with Gasteiger partial charge >= 0.3 is 0 Å². The first-order valence-electron chi connectivity index (χ1n) is 4.93. The van der Waals surface area contributed by atoms with Crippen LogP contribution in [0.25, 0.3) is 0 Å². The zero-order valence-electron chi connectivity index (χ0n) is 9.88. The molecule has 1 aromatic rings.